The van der Waals surface area contributed by atoms with E-state index < -0.39 is 0 Å². The molecule has 0 bridgehead atoms. The zero-order chi connectivity index (χ0) is 21.1. The number of benzene rings is 1. The molecule has 1 amide bonds. The molecule has 0 aliphatic carbocycles. The third kappa shape index (κ3) is 4.03. The first kappa shape index (κ1) is 20.0. The lowest BCUT2D eigenvalue weighted by Gasteiger charge is -2.36. The molecule has 1 aliphatic heterocycles. The third-order valence-electron chi connectivity index (χ3n) is 5.73. The van der Waals surface area contributed by atoms with Gasteiger partial charge in [-0.1, -0.05) is 25.1 Å². The number of hydrogen-bond donors (Lipinski definition) is 0. The van der Waals surface area contributed by atoms with Gasteiger partial charge in [-0.25, -0.2) is 9.97 Å². The minimum absolute atomic E-state index is 0.0991. The van der Waals surface area contributed by atoms with Crippen molar-refractivity contribution in [3.8, 4) is 11.5 Å². The third-order valence-corrected chi connectivity index (χ3v) is 5.73. The molecule has 0 spiro atoms. The number of hydrogen-bond acceptors (Lipinski definition) is 5. The lowest BCUT2D eigenvalue weighted by molar-refractivity contribution is 0.0746. The molecule has 0 radical (unpaired) electrons. The molecule has 0 saturated carbocycles. The maximum absolute atomic E-state index is 12.9. The van der Waals surface area contributed by atoms with E-state index in [1.807, 2.05) is 54.3 Å². The van der Waals surface area contributed by atoms with E-state index in [0.29, 0.717) is 18.9 Å². The Morgan fingerprint density at radius 2 is 1.70 bits per heavy atom. The Labute approximate surface area is 177 Å². The maximum atomic E-state index is 12.9. The van der Waals surface area contributed by atoms with Gasteiger partial charge in [-0.15, -0.1) is 0 Å². The summed E-state index contributed by atoms with van der Waals surface area (Å²) in [5, 5.41) is 0. The van der Waals surface area contributed by atoms with Gasteiger partial charge in [0.05, 0.1) is 0 Å². The van der Waals surface area contributed by atoms with Crippen LogP contribution in [0.4, 0.5) is 5.82 Å². The van der Waals surface area contributed by atoms with E-state index >= 15 is 0 Å². The molecule has 1 saturated heterocycles. The Morgan fingerprint density at radius 1 is 0.967 bits per heavy atom. The Balaban J connectivity index is 1.50. The number of pyridine rings is 1. The average Bonchev–Trinajstić information content (AvgIpc) is 2.81. The van der Waals surface area contributed by atoms with Gasteiger partial charge in [-0.2, -0.15) is 0 Å². The van der Waals surface area contributed by atoms with Crippen LogP contribution < -0.4 is 4.90 Å². The van der Waals surface area contributed by atoms with Crippen molar-refractivity contribution < 1.29 is 4.79 Å². The molecule has 0 atom stereocenters. The molecular formula is C24H27N5O. The first-order chi connectivity index (χ1) is 14.6. The summed E-state index contributed by atoms with van der Waals surface area (Å²) in [6, 6.07) is 13.7. The van der Waals surface area contributed by atoms with Crippen LogP contribution in [-0.2, 0) is 6.42 Å². The SMILES string of the molecule is CCc1ccc(C(=O)N2CCN(c3nc(-c4ccccn4)nc(C)c3C)CC2)cc1. The summed E-state index contributed by atoms with van der Waals surface area (Å²) in [7, 11) is 0. The Morgan fingerprint density at radius 3 is 2.33 bits per heavy atom. The summed E-state index contributed by atoms with van der Waals surface area (Å²) in [5.41, 5.74) is 4.80. The quantitative estimate of drug-likeness (QED) is 0.667. The average molecular weight is 402 g/mol. The number of rotatable bonds is 4. The number of aryl methyl sites for hydroxylation is 2. The van der Waals surface area contributed by atoms with E-state index in [-0.39, 0.29) is 5.91 Å². The second-order valence-electron chi connectivity index (χ2n) is 7.63. The van der Waals surface area contributed by atoms with Crippen LogP contribution in [-0.4, -0.2) is 51.9 Å². The van der Waals surface area contributed by atoms with Crippen molar-refractivity contribution in [2.24, 2.45) is 0 Å². The van der Waals surface area contributed by atoms with Gasteiger partial charge in [0, 0.05) is 49.2 Å². The highest BCUT2D eigenvalue weighted by Gasteiger charge is 2.25. The van der Waals surface area contributed by atoms with Crippen molar-refractivity contribution in [3.05, 3.63) is 71.0 Å². The minimum atomic E-state index is 0.0991. The number of nitrogens with zero attached hydrogens (tertiary/aromatic N) is 5. The summed E-state index contributed by atoms with van der Waals surface area (Å²) in [6.07, 6.45) is 2.73. The number of carbonyl (C=O) groups is 1. The fraction of sp³-hybridized carbons (Fsp3) is 0.333. The standard InChI is InChI=1S/C24H27N5O/c1-4-19-8-10-20(11-9-19)24(30)29-15-13-28(14-16-29)23-17(2)18(3)26-22(27-23)21-7-5-6-12-25-21/h5-12H,4,13-16H2,1-3H3. The highest BCUT2D eigenvalue weighted by Crippen LogP contribution is 2.25. The summed E-state index contributed by atoms with van der Waals surface area (Å²) >= 11 is 0. The van der Waals surface area contributed by atoms with Gasteiger partial charge in [0.2, 0.25) is 0 Å². The predicted octanol–water partition coefficient (Wildman–Crippen LogP) is 3.68. The largest absolute Gasteiger partial charge is 0.353 e. The van der Waals surface area contributed by atoms with Crippen molar-refractivity contribution in [2.45, 2.75) is 27.2 Å². The summed E-state index contributed by atoms with van der Waals surface area (Å²) < 4.78 is 0. The predicted molar refractivity (Wildman–Crippen MR) is 119 cm³/mol. The molecule has 30 heavy (non-hydrogen) atoms. The smallest absolute Gasteiger partial charge is 0.253 e. The van der Waals surface area contributed by atoms with Crippen LogP contribution in [0.2, 0.25) is 0 Å². The van der Waals surface area contributed by atoms with E-state index in [1.54, 1.807) is 6.20 Å². The zero-order valence-electron chi connectivity index (χ0n) is 17.8. The molecular weight excluding hydrogens is 374 g/mol. The number of amides is 1. The molecule has 3 heterocycles. The lowest BCUT2D eigenvalue weighted by Crippen LogP contribution is -2.49. The normalized spacial score (nSPS) is 14.1. The second-order valence-corrected chi connectivity index (χ2v) is 7.63. The van der Waals surface area contributed by atoms with Crippen LogP contribution >= 0.6 is 0 Å². The van der Waals surface area contributed by atoms with Crippen LogP contribution in [0.3, 0.4) is 0 Å². The molecule has 1 fully saturated rings. The van der Waals surface area contributed by atoms with Crippen LogP contribution in [0.15, 0.2) is 48.7 Å². The molecule has 1 aliphatic rings. The Kier molecular flexibility index (Phi) is 5.74. The van der Waals surface area contributed by atoms with Crippen LogP contribution in [0, 0.1) is 13.8 Å². The summed E-state index contributed by atoms with van der Waals surface area (Å²) in [5.74, 6) is 1.67. The number of carbonyl (C=O) groups excluding carboxylic acids is 1. The van der Waals surface area contributed by atoms with E-state index in [1.165, 1.54) is 5.56 Å². The number of piperazine rings is 1. The van der Waals surface area contributed by atoms with Crippen LogP contribution in [0.25, 0.3) is 11.5 Å². The van der Waals surface area contributed by atoms with Crippen molar-refractivity contribution in [2.75, 3.05) is 31.1 Å². The fourth-order valence-corrected chi connectivity index (χ4v) is 3.72. The highest BCUT2D eigenvalue weighted by molar-refractivity contribution is 5.94. The second kappa shape index (κ2) is 8.61. The minimum Gasteiger partial charge on any atom is -0.353 e. The first-order valence-electron chi connectivity index (χ1n) is 10.5. The molecule has 0 unspecified atom stereocenters. The Bertz CT molecular complexity index is 1030. The number of anilines is 1. The van der Waals surface area contributed by atoms with Gasteiger partial charge in [-0.05, 0) is 50.1 Å². The lowest BCUT2D eigenvalue weighted by atomic mass is 10.1. The van der Waals surface area contributed by atoms with Crippen LogP contribution in [0.5, 0.6) is 0 Å². The molecule has 0 N–H and O–H groups in total. The van der Waals surface area contributed by atoms with Crippen molar-refractivity contribution in [1.82, 2.24) is 19.9 Å². The molecule has 2 aromatic heterocycles. The Hall–Kier alpha value is -3.28. The molecule has 6 nitrogen and oxygen atoms in total. The van der Waals surface area contributed by atoms with Crippen molar-refractivity contribution >= 4 is 11.7 Å². The number of aromatic nitrogens is 3. The van der Waals surface area contributed by atoms with Gasteiger partial charge in [0.25, 0.3) is 5.91 Å². The molecule has 1 aromatic carbocycles. The summed E-state index contributed by atoms with van der Waals surface area (Å²) in [6.45, 7) is 9.03. The van der Waals surface area contributed by atoms with Crippen molar-refractivity contribution in [1.29, 1.82) is 0 Å². The highest BCUT2D eigenvalue weighted by atomic mass is 16.2. The topological polar surface area (TPSA) is 62.2 Å². The maximum Gasteiger partial charge on any atom is 0.253 e. The van der Waals surface area contributed by atoms with Gasteiger partial charge in [0.15, 0.2) is 5.82 Å². The summed E-state index contributed by atoms with van der Waals surface area (Å²) in [4.78, 5) is 30.9. The molecule has 3 aromatic rings. The zero-order valence-corrected chi connectivity index (χ0v) is 17.8. The van der Waals surface area contributed by atoms with Crippen molar-refractivity contribution in [3.63, 3.8) is 0 Å². The molecule has 6 heteroatoms. The van der Waals surface area contributed by atoms with E-state index in [9.17, 15) is 4.79 Å². The van der Waals surface area contributed by atoms with Gasteiger partial charge in [-0.3, -0.25) is 9.78 Å². The van der Waals surface area contributed by atoms with Crippen LogP contribution in [0.1, 0.15) is 34.1 Å². The van der Waals surface area contributed by atoms with E-state index in [4.69, 9.17) is 4.98 Å². The van der Waals surface area contributed by atoms with E-state index in [2.05, 4.69) is 28.7 Å². The van der Waals surface area contributed by atoms with E-state index in [0.717, 1.165) is 47.8 Å². The first-order valence-corrected chi connectivity index (χ1v) is 10.5. The fourth-order valence-electron chi connectivity index (χ4n) is 3.72. The molecule has 4 rings (SSSR count). The van der Waals surface area contributed by atoms with Gasteiger partial charge in [0.1, 0.15) is 11.5 Å². The van der Waals surface area contributed by atoms with Gasteiger partial charge < -0.3 is 9.80 Å². The molecule has 154 valence electrons. The van der Waals surface area contributed by atoms with Gasteiger partial charge >= 0.3 is 0 Å². The monoisotopic (exact) mass is 401 g/mol.